The summed E-state index contributed by atoms with van der Waals surface area (Å²) >= 11 is 4.64. The van der Waals surface area contributed by atoms with Crippen molar-refractivity contribution in [1.29, 1.82) is 5.26 Å². The summed E-state index contributed by atoms with van der Waals surface area (Å²) in [5.41, 5.74) is 4.50. The van der Waals surface area contributed by atoms with Crippen molar-refractivity contribution in [2.24, 2.45) is 0 Å². The summed E-state index contributed by atoms with van der Waals surface area (Å²) in [7, 11) is -3.70. The maximum atomic E-state index is 13.0. The zero-order valence-electron chi connectivity index (χ0n) is 21.9. The first kappa shape index (κ1) is 29.0. The van der Waals surface area contributed by atoms with E-state index in [9.17, 15) is 18.8 Å². The van der Waals surface area contributed by atoms with E-state index in [1.807, 2.05) is 72.8 Å². The fourth-order valence-electron chi connectivity index (χ4n) is 4.08. The van der Waals surface area contributed by atoms with Crippen LogP contribution in [0.15, 0.2) is 99.3 Å². The van der Waals surface area contributed by atoms with E-state index in [2.05, 4.69) is 42.8 Å². The van der Waals surface area contributed by atoms with Gasteiger partial charge in [0, 0.05) is 21.4 Å². The Bertz CT molecular complexity index is 1590. The van der Waals surface area contributed by atoms with Crippen molar-refractivity contribution >= 4 is 37.5 Å². The minimum absolute atomic E-state index is 0.0685. The average Bonchev–Trinajstić information content (AvgIpc) is 2.91. The van der Waals surface area contributed by atoms with Crippen LogP contribution in [0.1, 0.15) is 31.9 Å². The number of benzene rings is 3. The number of nitrogens with zero attached hydrogens (tertiary/aromatic N) is 2. The highest BCUT2D eigenvalue weighted by Gasteiger charge is 2.23. The maximum Gasteiger partial charge on any atom is 0.180 e. The molecule has 1 atom stereocenters. The molecule has 4 aromatic rings. The summed E-state index contributed by atoms with van der Waals surface area (Å²) in [5.74, 6) is -0.353. The lowest BCUT2D eigenvalue weighted by Crippen LogP contribution is -2.23. The number of thioether (sulfide) groups is 1. The Hall–Kier alpha value is -2.96. The molecule has 0 fully saturated rings. The third-order valence-corrected chi connectivity index (χ3v) is 9.69. The monoisotopic (exact) mass is 620 g/mol. The van der Waals surface area contributed by atoms with Crippen LogP contribution in [0.5, 0.6) is 0 Å². The van der Waals surface area contributed by atoms with Gasteiger partial charge in [0.15, 0.2) is 9.84 Å². The van der Waals surface area contributed by atoms with Crippen LogP contribution in [0.3, 0.4) is 0 Å². The minimum Gasteiger partial charge on any atom is -0.391 e. The van der Waals surface area contributed by atoms with Crippen LogP contribution in [-0.4, -0.2) is 36.1 Å². The van der Waals surface area contributed by atoms with E-state index in [-0.39, 0.29) is 16.1 Å². The number of nitriles is 1. The summed E-state index contributed by atoms with van der Waals surface area (Å²) in [6.07, 6.45) is -1.15. The molecule has 1 heterocycles. The number of aromatic nitrogens is 1. The third-order valence-electron chi connectivity index (χ3n) is 6.23. The lowest BCUT2D eigenvalue weighted by Gasteiger charge is -2.19. The van der Waals surface area contributed by atoms with Crippen LogP contribution in [0.25, 0.3) is 22.4 Å². The van der Waals surface area contributed by atoms with E-state index in [4.69, 9.17) is 4.98 Å². The summed E-state index contributed by atoms with van der Waals surface area (Å²) in [4.78, 5) is 4.93. The largest absolute Gasteiger partial charge is 0.391 e. The summed E-state index contributed by atoms with van der Waals surface area (Å²) < 4.78 is 26.9. The molecule has 39 heavy (non-hydrogen) atoms. The lowest BCUT2D eigenvalue weighted by molar-refractivity contribution is 0.222. The predicted molar refractivity (Wildman–Crippen MR) is 161 cm³/mol. The second kappa shape index (κ2) is 12.1. The first-order chi connectivity index (χ1) is 18.5. The van der Waals surface area contributed by atoms with E-state index in [1.165, 1.54) is 11.8 Å². The topological polar surface area (TPSA) is 91.1 Å². The fraction of sp³-hybridized carbons (Fsp3) is 0.226. The molecule has 0 saturated carbocycles. The van der Waals surface area contributed by atoms with Gasteiger partial charge in [0.05, 0.1) is 28.0 Å². The Morgan fingerprint density at radius 3 is 2.21 bits per heavy atom. The predicted octanol–water partition coefficient (Wildman–Crippen LogP) is 7.27. The highest BCUT2D eigenvalue weighted by molar-refractivity contribution is 9.10. The van der Waals surface area contributed by atoms with E-state index >= 15 is 0 Å². The molecule has 1 unspecified atom stereocenters. The molecule has 0 bridgehead atoms. The zero-order valence-corrected chi connectivity index (χ0v) is 25.1. The second-order valence-electron chi connectivity index (χ2n) is 10.2. The number of pyridine rings is 1. The van der Waals surface area contributed by atoms with Crippen LogP contribution in [0, 0.1) is 11.3 Å². The van der Waals surface area contributed by atoms with Crippen LogP contribution in [-0.2, 0) is 15.3 Å². The Labute approximate surface area is 243 Å². The standard InChI is InChI=1S/C31H29BrN2O3S2/c1-31(2,3)23-11-15-26(16-12-23)39(36,37)20-25(35)19-38-30-28(18-33)27(21-7-5-4-6-8-21)17-29(34-30)22-9-13-24(32)14-10-22/h4-17,25,35H,19-20H2,1-3H3. The molecule has 3 aromatic carbocycles. The van der Waals surface area contributed by atoms with Crippen LogP contribution < -0.4 is 0 Å². The summed E-state index contributed by atoms with van der Waals surface area (Å²) in [6.45, 7) is 6.20. The van der Waals surface area contributed by atoms with E-state index in [0.29, 0.717) is 16.3 Å². The molecule has 0 spiro atoms. The first-order valence-electron chi connectivity index (χ1n) is 12.4. The van der Waals surface area contributed by atoms with Crippen molar-refractivity contribution in [3.63, 3.8) is 0 Å². The number of rotatable bonds is 8. The number of hydrogen-bond acceptors (Lipinski definition) is 6. The Balaban J connectivity index is 1.60. The van der Waals surface area contributed by atoms with Crippen molar-refractivity contribution in [3.05, 3.63) is 101 Å². The lowest BCUT2D eigenvalue weighted by atomic mass is 9.87. The third kappa shape index (κ3) is 7.17. The molecule has 0 aliphatic rings. The van der Waals surface area contributed by atoms with E-state index in [0.717, 1.165) is 26.7 Å². The molecule has 0 saturated heterocycles. The van der Waals surface area contributed by atoms with Crippen molar-refractivity contribution < 1.29 is 13.5 Å². The molecule has 0 aliphatic carbocycles. The quantitative estimate of drug-likeness (QED) is 0.208. The summed E-state index contributed by atoms with van der Waals surface area (Å²) in [6, 6.07) is 28.3. The van der Waals surface area contributed by atoms with Gasteiger partial charge < -0.3 is 5.11 Å². The van der Waals surface area contributed by atoms with Crippen LogP contribution in [0.2, 0.25) is 0 Å². The molecule has 8 heteroatoms. The number of aliphatic hydroxyl groups excluding tert-OH is 1. The highest BCUT2D eigenvalue weighted by Crippen LogP contribution is 2.35. The van der Waals surface area contributed by atoms with Crippen molar-refractivity contribution in [3.8, 4) is 28.5 Å². The van der Waals surface area contributed by atoms with Crippen molar-refractivity contribution in [1.82, 2.24) is 4.98 Å². The minimum atomic E-state index is -3.70. The van der Waals surface area contributed by atoms with Gasteiger partial charge in [0.2, 0.25) is 0 Å². The number of sulfone groups is 1. The molecule has 4 rings (SSSR count). The SMILES string of the molecule is CC(C)(C)c1ccc(S(=O)(=O)CC(O)CSc2nc(-c3ccc(Br)cc3)cc(-c3ccccc3)c2C#N)cc1. The molecular weight excluding hydrogens is 592 g/mol. The highest BCUT2D eigenvalue weighted by atomic mass is 79.9. The van der Waals surface area contributed by atoms with Gasteiger partial charge in [-0.15, -0.1) is 11.8 Å². The molecule has 1 N–H and O–H groups in total. The number of aliphatic hydroxyl groups is 1. The number of hydrogen-bond donors (Lipinski definition) is 1. The molecule has 0 aliphatic heterocycles. The van der Waals surface area contributed by atoms with Crippen molar-refractivity contribution in [2.75, 3.05) is 11.5 Å². The van der Waals surface area contributed by atoms with Crippen molar-refractivity contribution in [2.45, 2.75) is 42.2 Å². The molecule has 0 amide bonds. The van der Waals surface area contributed by atoms with Gasteiger partial charge in [-0.05, 0) is 46.9 Å². The Morgan fingerprint density at radius 2 is 1.62 bits per heavy atom. The zero-order chi connectivity index (χ0) is 28.2. The number of halogens is 1. The molecule has 200 valence electrons. The molecule has 0 radical (unpaired) electrons. The Morgan fingerprint density at radius 1 is 0.974 bits per heavy atom. The first-order valence-corrected chi connectivity index (χ1v) is 15.8. The summed E-state index contributed by atoms with van der Waals surface area (Å²) in [5, 5.41) is 21.3. The second-order valence-corrected chi connectivity index (χ2v) is 14.2. The molecule has 5 nitrogen and oxygen atoms in total. The van der Waals surface area contributed by atoms with E-state index in [1.54, 1.807) is 12.1 Å². The van der Waals surface area contributed by atoms with Gasteiger partial charge in [-0.25, -0.2) is 13.4 Å². The van der Waals surface area contributed by atoms with Crippen LogP contribution >= 0.6 is 27.7 Å². The molecular formula is C31H29BrN2O3S2. The van der Waals surface area contributed by atoms with Gasteiger partial charge in [0.1, 0.15) is 11.1 Å². The maximum absolute atomic E-state index is 13.0. The normalized spacial score (nSPS) is 12.6. The van der Waals surface area contributed by atoms with Gasteiger partial charge >= 0.3 is 0 Å². The van der Waals surface area contributed by atoms with Gasteiger partial charge in [-0.1, -0.05) is 91.3 Å². The van der Waals surface area contributed by atoms with Crippen LogP contribution in [0.4, 0.5) is 0 Å². The molecule has 1 aromatic heterocycles. The van der Waals surface area contributed by atoms with Gasteiger partial charge in [-0.3, -0.25) is 0 Å². The van der Waals surface area contributed by atoms with E-state index < -0.39 is 21.7 Å². The fourth-order valence-corrected chi connectivity index (χ4v) is 6.80. The average molecular weight is 622 g/mol. The van der Waals surface area contributed by atoms with Gasteiger partial charge in [-0.2, -0.15) is 5.26 Å². The van der Waals surface area contributed by atoms with Gasteiger partial charge in [0.25, 0.3) is 0 Å². The smallest absolute Gasteiger partial charge is 0.180 e. The Kier molecular flexibility index (Phi) is 8.97.